The number of anilines is 1. The molecule has 1 heterocycles. The lowest BCUT2D eigenvalue weighted by atomic mass is 10.2. The molecule has 0 spiro atoms. The molecule has 15 heavy (non-hydrogen) atoms. The maximum atomic E-state index is 8.96. The quantitative estimate of drug-likeness (QED) is 0.808. The number of hydrogen-bond donors (Lipinski definition) is 1. The van der Waals surface area contributed by atoms with Crippen LogP contribution in [-0.4, -0.2) is 0 Å². The second kappa shape index (κ2) is 4.39. The summed E-state index contributed by atoms with van der Waals surface area (Å²) in [5, 5.41) is 11.0. The Bertz CT molecular complexity index is 498. The van der Waals surface area contributed by atoms with Crippen molar-refractivity contribution in [2.24, 2.45) is 0 Å². The zero-order valence-electron chi connectivity index (χ0n) is 7.81. The van der Waals surface area contributed by atoms with Gasteiger partial charge in [-0.15, -0.1) is 11.3 Å². The third-order valence-electron chi connectivity index (χ3n) is 1.83. The van der Waals surface area contributed by atoms with Crippen LogP contribution in [0.1, 0.15) is 5.56 Å². The van der Waals surface area contributed by atoms with Crippen molar-refractivity contribution in [2.75, 3.05) is 5.73 Å². The molecule has 0 fully saturated rings. The van der Waals surface area contributed by atoms with Crippen molar-refractivity contribution in [3.8, 4) is 6.07 Å². The zero-order valence-corrected chi connectivity index (χ0v) is 9.44. The van der Waals surface area contributed by atoms with E-state index in [1.165, 1.54) is 4.21 Å². The van der Waals surface area contributed by atoms with Crippen LogP contribution >= 0.6 is 23.1 Å². The maximum absolute atomic E-state index is 8.96. The van der Waals surface area contributed by atoms with E-state index in [-0.39, 0.29) is 0 Å². The van der Waals surface area contributed by atoms with Crippen LogP contribution in [0.5, 0.6) is 0 Å². The van der Waals surface area contributed by atoms with Crippen molar-refractivity contribution in [2.45, 2.75) is 9.10 Å². The highest BCUT2D eigenvalue weighted by Gasteiger charge is 2.04. The Morgan fingerprint density at radius 1 is 1.33 bits per heavy atom. The smallest absolute Gasteiger partial charge is 0.100 e. The zero-order chi connectivity index (χ0) is 10.7. The average molecular weight is 232 g/mol. The first kappa shape index (κ1) is 10.1. The lowest BCUT2D eigenvalue weighted by Crippen LogP contribution is -1.87. The molecule has 0 saturated carbocycles. The Balaban J connectivity index is 2.33. The summed E-state index contributed by atoms with van der Waals surface area (Å²) in [6, 6.07) is 11.6. The molecule has 1 aromatic heterocycles. The number of hydrogen-bond acceptors (Lipinski definition) is 4. The summed E-state index contributed by atoms with van der Waals surface area (Å²) >= 11 is 3.26. The number of benzene rings is 1. The molecule has 0 unspecified atom stereocenters. The highest BCUT2D eigenvalue weighted by atomic mass is 32.2. The van der Waals surface area contributed by atoms with Crippen LogP contribution < -0.4 is 5.73 Å². The standard InChI is InChI=1S/C11H8N2S2/c12-7-8-6-9(13)3-4-10(8)15-11-2-1-5-14-11/h1-6H,13H2. The van der Waals surface area contributed by atoms with E-state index in [9.17, 15) is 0 Å². The summed E-state index contributed by atoms with van der Waals surface area (Å²) in [7, 11) is 0. The third kappa shape index (κ3) is 2.32. The van der Waals surface area contributed by atoms with Gasteiger partial charge in [-0.05, 0) is 29.6 Å². The van der Waals surface area contributed by atoms with Gasteiger partial charge >= 0.3 is 0 Å². The Kier molecular flexibility index (Phi) is 2.95. The van der Waals surface area contributed by atoms with Gasteiger partial charge in [0, 0.05) is 10.6 Å². The van der Waals surface area contributed by atoms with Crippen LogP contribution in [0.2, 0.25) is 0 Å². The number of nitrogen functional groups attached to an aromatic ring is 1. The molecule has 0 aliphatic carbocycles. The molecule has 0 amide bonds. The fraction of sp³-hybridized carbons (Fsp3) is 0. The minimum Gasteiger partial charge on any atom is -0.399 e. The first-order valence-corrected chi connectivity index (χ1v) is 6.00. The summed E-state index contributed by atoms with van der Waals surface area (Å²) < 4.78 is 1.18. The minimum atomic E-state index is 0.627. The lowest BCUT2D eigenvalue weighted by Gasteiger charge is -2.02. The molecule has 0 saturated heterocycles. The maximum Gasteiger partial charge on any atom is 0.100 e. The Hall–Kier alpha value is -1.44. The molecule has 0 aliphatic heterocycles. The molecule has 2 aromatic rings. The summed E-state index contributed by atoms with van der Waals surface area (Å²) in [4.78, 5) is 0.953. The van der Waals surface area contributed by atoms with Gasteiger partial charge in [0.15, 0.2) is 0 Å². The molecular weight excluding hydrogens is 224 g/mol. The fourth-order valence-corrected chi connectivity index (χ4v) is 2.94. The molecule has 0 radical (unpaired) electrons. The van der Waals surface area contributed by atoms with E-state index < -0.39 is 0 Å². The lowest BCUT2D eigenvalue weighted by molar-refractivity contribution is 1.37. The Morgan fingerprint density at radius 3 is 2.87 bits per heavy atom. The van der Waals surface area contributed by atoms with E-state index in [0.717, 1.165) is 4.90 Å². The summed E-state index contributed by atoms with van der Waals surface area (Å²) in [6.07, 6.45) is 0. The SMILES string of the molecule is N#Cc1cc(N)ccc1Sc1cccs1. The Labute approximate surface area is 96.3 Å². The second-order valence-electron chi connectivity index (χ2n) is 2.90. The topological polar surface area (TPSA) is 49.8 Å². The van der Waals surface area contributed by atoms with E-state index >= 15 is 0 Å². The first-order chi connectivity index (χ1) is 7.29. The molecule has 2 N–H and O–H groups in total. The van der Waals surface area contributed by atoms with Gasteiger partial charge in [0.2, 0.25) is 0 Å². The summed E-state index contributed by atoms with van der Waals surface area (Å²) in [5.41, 5.74) is 6.88. The molecule has 0 bridgehead atoms. The summed E-state index contributed by atoms with van der Waals surface area (Å²) in [5.74, 6) is 0. The molecule has 74 valence electrons. The van der Waals surface area contributed by atoms with Crippen LogP contribution in [-0.2, 0) is 0 Å². The first-order valence-electron chi connectivity index (χ1n) is 4.30. The highest BCUT2D eigenvalue weighted by molar-refractivity contribution is 8.01. The van der Waals surface area contributed by atoms with Crippen LogP contribution in [0.15, 0.2) is 44.8 Å². The van der Waals surface area contributed by atoms with Gasteiger partial charge in [0.05, 0.1) is 9.77 Å². The van der Waals surface area contributed by atoms with E-state index in [2.05, 4.69) is 6.07 Å². The number of nitrogens with two attached hydrogens (primary N) is 1. The van der Waals surface area contributed by atoms with E-state index in [0.29, 0.717) is 11.3 Å². The monoisotopic (exact) mass is 232 g/mol. The van der Waals surface area contributed by atoms with Crippen molar-refractivity contribution in [3.63, 3.8) is 0 Å². The second-order valence-corrected chi connectivity index (χ2v) is 5.19. The molecule has 1 aromatic carbocycles. The Morgan fingerprint density at radius 2 is 2.20 bits per heavy atom. The van der Waals surface area contributed by atoms with Gasteiger partial charge in [-0.25, -0.2) is 0 Å². The predicted octanol–water partition coefficient (Wildman–Crippen LogP) is 3.35. The molecule has 0 aliphatic rings. The third-order valence-corrected chi connectivity index (χ3v) is 3.94. The summed E-state index contributed by atoms with van der Waals surface area (Å²) in [6.45, 7) is 0. The molecule has 2 rings (SSSR count). The van der Waals surface area contributed by atoms with Gasteiger partial charge in [-0.1, -0.05) is 17.8 Å². The van der Waals surface area contributed by atoms with Gasteiger partial charge in [0.25, 0.3) is 0 Å². The molecule has 0 atom stereocenters. The molecule has 4 heteroatoms. The van der Waals surface area contributed by atoms with Crippen molar-refractivity contribution in [3.05, 3.63) is 41.3 Å². The van der Waals surface area contributed by atoms with Crippen molar-refractivity contribution >= 4 is 28.8 Å². The van der Waals surface area contributed by atoms with E-state index in [4.69, 9.17) is 11.0 Å². The number of nitriles is 1. The average Bonchev–Trinajstić information content (AvgIpc) is 2.73. The van der Waals surface area contributed by atoms with Gasteiger partial charge in [-0.2, -0.15) is 5.26 Å². The van der Waals surface area contributed by atoms with E-state index in [1.807, 2.05) is 29.6 Å². The van der Waals surface area contributed by atoms with Crippen LogP contribution in [0.4, 0.5) is 5.69 Å². The van der Waals surface area contributed by atoms with Gasteiger partial charge in [-0.3, -0.25) is 0 Å². The van der Waals surface area contributed by atoms with Crippen LogP contribution in [0, 0.1) is 11.3 Å². The number of nitrogens with zero attached hydrogens (tertiary/aromatic N) is 1. The van der Waals surface area contributed by atoms with Gasteiger partial charge < -0.3 is 5.73 Å². The van der Waals surface area contributed by atoms with Crippen molar-refractivity contribution in [1.29, 1.82) is 5.26 Å². The van der Waals surface area contributed by atoms with Crippen molar-refractivity contribution in [1.82, 2.24) is 0 Å². The van der Waals surface area contributed by atoms with Crippen molar-refractivity contribution < 1.29 is 0 Å². The molecular formula is C11H8N2S2. The number of rotatable bonds is 2. The fourth-order valence-electron chi connectivity index (χ4n) is 1.15. The highest BCUT2D eigenvalue weighted by Crippen LogP contribution is 2.33. The largest absolute Gasteiger partial charge is 0.399 e. The number of thiophene rings is 1. The van der Waals surface area contributed by atoms with Crippen LogP contribution in [0.3, 0.4) is 0 Å². The minimum absolute atomic E-state index is 0.627. The molecule has 2 nitrogen and oxygen atoms in total. The van der Waals surface area contributed by atoms with Crippen LogP contribution in [0.25, 0.3) is 0 Å². The van der Waals surface area contributed by atoms with E-state index in [1.54, 1.807) is 29.2 Å². The van der Waals surface area contributed by atoms with Gasteiger partial charge in [0.1, 0.15) is 6.07 Å². The normalized spacial score (nSPS) is 9.80. The predicted molar refractivity (Wildman–Crippen MR) is 64.0 cm³/mol.